The number of carbonyl (C=O) groups excluding carboxylic acids is 1. The molecule has 0 spiro atoms. The third-order valence-electron chi connectivity index (χ3n) is 4.42. The van der Waals surface area contributed by atoms with Crippen molar-refractivity contribution in [2.45, 2.75) is 4.90 Å². The van der Waals surface area contributed by atoms with Crippen LogP contribution in [-0.2, 0) is 19.6 Å². The van der Waals surface area contributed by atoms with E-state index in [-0.39, 0.29) is 10.8 Å². The lowest BCUT2D eigenvalue weighted by Gasteiger charge is -2.25. The Morgan fingerprint density at radius 2 is 1.90 bits per heavy atom. The summed E-state index contributed by atoms with van der Waals surface area (Å²) in [6.07, 6.45) is 3.16. The summed E-state index contributed by atoms with van der Waals surface area (Å²) in [5, 5.41) is 3.15. The highest BCUT2D eigenvalue weighted by Gasteiger charge is 2.26. The number of hydrogen-bond donors (Lipinski definition) is 1. The minimum atomic E-state index is -3.57. The number of nitrogens with one attached hydrogen (secondary N) is 1. The van der Waals surface area contributed by atoms with Crippen molar-refractivity contribution in [2.75, 3.05) is 31.6 Å². The minimum Gasteiger partial charge on any atom is -0.379 e. The van der Waals surface area contributed by atoms with Crippen LogP contribution >= 0.6 is 11.3 Å². The van der Waals surface area contributed by atoms with Gasteiger partial charge in [0.25, 0.3) is 0 Å². The molecule has 2 heterocycles. The van der Waals surface area contributed by atoms with E-state index in [4.69, 9.17) is 4.74 Å². The zero-order valence-corrected chi connectivity index (χ0v) is 17.1. The molecule has 0 aliphatic carbocycles. The number of rotatable bonds is 5. The van der Waals surface area contributed by atoms with Gasteiger partial charge in [0.2, 0.25) is 15.9 Å². The van der Waals surface area contributed by atoms with Crippen LogP contribution in [0.25, 0.3) is 16.3 Å². The van der Waals surface area contributed by atoms with Crippen LogP contribution < -0.4 is 5.32 Å². The molecule has 3 aromatic rings. The molecule has 0 saturated carbocycles. The zero-order valence-electron chi connectivity index (χ0n) is 15.4. The van der Waals surface area contributed by atoms with E-state index in [0.717, 1.165) is 5.56 Å². The fourth-order valence-electron chi connectivity index (χ4n) is 2.94. The number of thiazole rings is 1. The Morgan fingerprint density at radius 3 is 2.66 bits per heavy atom. The Bertz CT molecular complexity index is 1150. The number of carbonyl (C=O) groups is 1. The van der Waals surface area contributed by atoms with E-state index < -0.39 is 10.0 Å². The van der Waals surface area contributed by atoms with Gasteiger partial charge >= 0.3 is 0 Å². The summed E-state index contributed by atoms with van der Waals surface area (Å²) >= 11 is 1.24. The van der Waals surface area contributed by atoms with Gasteiger partial charge in [-0.3, -0.25) is 10.1 Å². The van der Waals surface area contributed by atoms with Crippen LogP contribution in [0.5, 0.6) is 0 Å². The lowest BCUT2D eigenvalue weighted by Crippen LogP contribution is -2.40. The standard InChI is InChI=1S/C20H19N3O4S2/c24-19(9-6-15-4-2-1-3-5-15)22-20-21-17-8-7-16(14-18(17)28-20)29(25,26)23-10-12-27-13-11-23/h1-9,14H,10-13H2,(H,21,22,24)/b9-6+. The number of aromatic nitrogens is 1. The van der Waals surface area contributed by atoms with Crippen LogP contribution in [0.1, 0.15) is 5.56 Å². The van der Waals surface area contributed by atoms with Gasteiger partial charge in [-0.25, -0.2) is 13.4 Å². The van der Waals surface area contributed by atoms with Crippen LogP contribution in [-0.4, -0.2) is 49.9 Å². The molecule has 1 N–H and O–H groups in total. The van der Waals surface area contributed by atoms with Crippen molar-refractivity contribution in [3.63, 3.8) is 0 Å². The number of morpholine rings is 1. The molecule has 29 heavy (non-hydrogen) atoms. The van der Waals surface area contributed by atoms with Gasteiger partial charge < -0.3 is 4.74 Å². The lowest BCUT2D eigenvalue weighted by atomic mass is 10.2. The highest BCUT2D eigenvalue weighted by atomic mass is 32.2. The van der Waals surface area contributed by atoms with Crippen LogP contribution in [0.3, 0.4) is 0 Å². The van der Waals surface area contributed by atoms with Gasteiger partial charge in [-0.1, -0.05) is 41.7 Å². The molecule has 2 aromatic carbocycles. The topological polar surface area (TPSA) is 88.6 Å². The van der Waals surface area contributed by atoms with Gasteiger partial charge in [0.15, 0.2) is 5.13 Å². The second-order valence-corrected chi connectivity index (χ2v) is 9.37. The molecule has 9 heteroatoms. The van der Waals surface area contributed by atoms with E-state index in [1.807, 2.05) is 30.3 Å². The first-order valence-corrected chi connectivity index (χ1v) is 11.3. The monoisotopic (exact) mass is 429 g/mol. The summed E-state index contributed by atoms with van der Waals surface area (Å²) in [4.78, 5) is 16.7. The van der Waals surface area contributed by atoms with Crippen molar-refractivity contribution in [2.24, 2.45) is 0 Å². The highest BCUT2D eigenvalue weighted by molar-refractivity contribution is 7.89. The second kappa shape index (κ2) is 8.42. The van der Waals surface area contributed by atoms with E-state index in [9.17, 15) is 13.2 Å². The van der Waals surface area contributed by atoms with Gasteiger partial charge in [0, 0.05) is 19.2 Å². The molecular formula is C20H19N3O4S2. The first-order chi connectivity index (χ1) is 14.0. The zero-order chi connectivity index (χ0) is 20.3. The third-order valence-corrected chi connectivity index (χ3v) is 7.25. The molecule has 1 aliphatic rings. The van der Waals surface area contributed by atoms with Crippen LogP contribution in [0.2, 0.25) is 0 Å². The van der Waals surface area contributed by atoms with E-state index in [1.54, 1.807) is 24.3 Å². The normalized spacial score (nSPS) is 15.7. The number of benzene rings is 2. The number of amides is 1. The summed E-state index contributed by atoms with van der Waals surface area (Å²) < 4.78 is 33.0. The molecule has 7 nitrogen and oxygen atoms in total. The predicted molar refractivity (Wildman–Crippen MR) is 113 cm³/mol. The summed E-state index contributed by atoms with van der Waals surface area (Å²) in [5.74, 6) is -0.297. The van der Waals surface area contributed by atoms with Gasteiger partial charge in [-0.05, 0) is 29.8 Å². The molecular weight excluding hydrogens is 410 g/mol. The number of sulfonamides is 1. The molecule has 0 unspecified atom stereocenters. The molecule has 0 bridgehead atoms. The molecule has 1 saturated heterocycles. The van der Waals surface area contributed by atoms with Crippen molar-refractivity contribution in [3.05, 3.63) is 60.2 Å². The summed E-state index contributed by atoms with van der Waals surface area (Å²) in [6.45, 7) is 1.49. The quantitative estimate of drug-likeness (QED) is 0.630. The van der Waals surface area contributed by atoms with E-state index in [2.05, 4.69) is 10.3 Å². The number of fused-ring (bicyclic) bond motifs is 1. The molecule has 150 valence electrons. The first-order valence-electron chi connectivity index (χ1n) is 9.05. The lowest BCUT2D eigenvalue weighted by molar-refractivity contribution is -0.111. The fraction of sp³-hybridized carbons (Fsp3) is 0.200. The maximum Gasteiger partial charge on any atom is 0.250 e. The number of hydrogen-bond acceptors (Lipinski definition) is 6. The minimum absolute atomic E-state index is 0.220. The van der Waals surface area contributed by atoms with E-state index in [0.29, 0.717) is 41.7 Å². The maximum atomic E-state index is 12.8. The Labute approximate surface area is 172 Å². The van der Waals surface area contributed by atoms with Crippen molar-refractivity contribution in [3.8, 4) is 0 Å². The van der Waals surface area contributed by atoms with E-state index >= 15 is 0 Å². The van der Waals surface area contributed by atoms with Crippen molar-refractivity contribution < 1.29 is 17.9 Å². The average molecular weight is 430 g/mol. The van der Waals surface area contributed by atoms with Gasteiger partial charge in [0.1, 0.15) is 0 Å². The van der Waals surface area contributed by atoms with Gasteiger partial charge in [-0.15, -0.1) is 0 Å². The maximum absolute atomic E-state index is 12.8. The number of ether oxygens (including phenoxy) is 1. The van der Waals surface area contributed by atoms with Gasteiger partial charge in [0.05, 0.1) is 28.3 Å². The van der Waals surface area contributed by atoms with Crippen LogP contribution in [0.4, 0.5) is 5.13 Å². The van der Waals surface area contributed by atoms with Crippen LogP contribution in [0, 0.1) is 0 Å². The number of nitrogens with zero attached hydrogens (tertiary/aromatic N) is 2. The molecule has 0 radical (unpaired) electrons. The Kier molecular flexibility index (Phi) is 5.72. The van der Waals surface area contributed by atoms with Crippen molar-refractivity contribution in [1.82, 2.24) is 9.29 Å². The molecule has 1 aliphatic heterocycles. The summed E-state index contributed by atoms with van der Waals surface area (Å²) in [5.41, 5.74) is 1.56. The number of anilines is 1. The molecule has 1 fully saturated rings. The summed E-state index contributed by atoms with van der Waals surface area (Å²) in [7, 11) is -3.57. The molecule has 1 amide bonds. The van der Waals surface area contributed by atoms with Gasteiger partial charge in [-0.2, -0.15) is 4.31 Å². The fourth-order valence-corrected chi connectivity index (χ4v) is 5.36. The largest absolute Gasteiger partial charge is 0.379 e. The molecule has 0 atom stereocenters. The average Bonchev–Trinajstić information content (AvgIpc) is 3.15. The Morgan fingerprint density at radius 1 is 1.14 bits per heavy atom. The van der Waals surface area contributed by atoms with Crippen molar-refractivity contribution >= 4 is 48.7 Å². The Balaban J connectivity index is 1.51. The van der Waals surface area contributed by atoms with E-state index in [1.165, 1.54) is 21.7 Å². The molecule has 1 aromatic heterocycles. The third kappa shape index (κ3) is 4.54. The smallest absolute Gasteiger partial charge is 0.250 e. The molecule has 4 rings (SSSR count). The first kappa shape index (κ1) is 19.7. The Hall–Kier alpha value is -2.59. The SMILES string of the molecule is O=C(/C=C/c1ccccc1)Nc1nc2ccc(S(=O)(=O)N3CCOCC3)cc2s1. The van der Waals surface area contributed by atoms with Crippen LogP contribution in [0.15, 0.2) is 59.5 Å². The predicted octanol–water partition coefficient (Wildman–Crippen LogP) is 2.97. The summed E-state index contributed by atoms with van der Waals surface area (Å²) in [6, 6.07) is 14.3. The van der Waals surface area contributed by atoms with Crippen molar-refractivity contribution in [1.29, 1.82) is 0 Å². The highest BCUT2D eigenvalue weighted by Crippen LogP contribution is 2.29. The second-order valence-electron chi connectivity index (χ2n) is 6.40.